The smallest absolute Gasteiger partial charge is 0.411 e. The molecule has 1 aliphatic heterocycles. The standard InChI is InChI=1S/C24H33N3O3/c1-4-29-23-9-6-5-8-21(23)25-24(28)30-17-7-12-26-13-15-27(16-14-26)22-18-19(2)10-11-20(22)3/h5-6,8-11,18H,4,7,12-17H2,1-3H3,(H,25,28). The Bertz CT molecular complexity index is 832. The minimum Gasteiger partial charge on any atom is -0.492 e. The Labute approximate surface area is 179 Å². The fourth-order valence-corrected chi connectivity index (χ4v) is 3.72. The molecule has 3 rings (SSSR count). The number of piperazine rings is 1. The number of rotatable bonds is 8. The fourth-order valence-electron chi connectivity index (χ4n) is 3.72. The molecular formula is C24H33N3O3. The average Bonchev–Trinajstić information content (AvgIpc) is 2.75. The van der Waals surface area contributed by atoms with Crippen molar-refractivity contribution in [3.63, 3.8) is 0 Å². The quantitative estimate of drug-likeness (QED) is 0.650. The summed E-state index contributed by atoms with van der Waals surface area (Å²) in [5.41, 5.74) is 4.62. The Morgan fingerprint density at radius 3 is 2.60 bits per heavy atom. The van der Waals surface area contributed by atoms with Crippen molar-refractivity contribution in [3.8, 4) is 5.75 Å². The first-order valence-electron chi connectivity index (χ1n) is 10.8. The first-order valence-corrected chi connectivity index (χ1v) is 10.8. The molecule has 1 aliphatic rings. The van der Waals surface area contributed by atoms with Crippen molar-refractivity contribution < 1.29 is 14.3 Å². The number of anilines is 2. The molecule has 0 spiro atoms. The lowest BCUT2D eigenvalue weighted by Crippen LogP contribution is -2.47. The second-order valence-electron chi connectivity index (χ2n) is 7.66. The molecule has 0 saturated carbocycles. The number of nitrogens with one attached hydrogen (secondary N) is 1. The van der Waals surface area contributed by atoms with Crippen LogP contribution in [0.25, 0.3) is 0 Å². The van der Waals surface area contributed by atoms with Gasteiger partial charge in [0.15, 0.2) is 0 Å². The molecule has 2 aromatic carbocycles. The number of ether oxygens (including phenoxy) is 2. The zero-order chi connectivity index (χ0) is 21.3. The molecule has 0 unspecified atom stereocenters. The van der Waals surface area contributed by atoms with E-state index in [9.17, 15) is 4.79 Å². The minimum absolute atomic E-state index is 0.403. The summed E-state index contributed by atoms with van der Waals surface area (Å²) < 4.78 is 10.9. The molecule has 1 N–H and O–H groups in total. The SMILES string of the molecule is CCOc1ccccc1NC(=O)OCCCN1CCN(c2cc(C)ccc2C)CC1. The minimum atomic E-state index is -0.443. The summed E-state index contributed by atoms with van der Waals surface area (Å²) in [6.45, 7) is 12.2. The molecule has 0 atom stereocenters. The molecule has 0 bridgehead atoms. The van der Waals surface area contributed by atoms with Gasteiger partial charge in [-0.3, -0.25) is 10.2 Å². The normalized spacial score (nSPS) is 14.4. The Balaban J connectivity index is 1.36. The van der Waals surface area contributed by atoms with Crippen LogP contribution in [0, 0.1) is 13.8 Å². The number of amides is 1. The number of hydrogen-bond donors (Lipinski definition) is 1. The molecule has 0 aliphatic carbocycles. The number of hydrogen-bond acceptors (Lipinski definition) is 5. The zero-order valence-corrected chi connectivity index (χ0v) is 18.3. The van der Waals surface area contributed by atoms with Crippen molar-refractivity contribution in [2.45, 2.75) is 27.2 Å². The number of para-hydroxylation sites is 2. The predicted molar refractivity (Wildman–Crippen MR) is 122 cm³/mol. The van der Waals surface area contributed by atoms with Crippen LogP contribution in [0.1, 0.15) is 24.5 Å². The van der Waals surface area contributed by atoms with Gasteiger partial charge in [-0.05, 0) is 56.5 Å². The van der Waals surface area contributed by atoms with Crippen LogP contribution in [0.4, 0.5) is 16.2 Å². The van der Waals surface area contributed by atoms with Crippen molar-refractivity contribution in [1.29, 1.82) is 0 Å². The first-order chi connectivity index (χ1) is 14.6. The highest BCUT2D eigenvalue weighted by Gasteiger charge is 2.18. The van der Waals surface area contributed by atoms with Gasteiger partial charge < -0.3 is 14.4 Å². The van der Waals surface area contributed by atoms with Crippen molar-refractivity contribution in [3.05, 3.63) is 53.6 Å². The summed E-state index contributed by atoms with van der Waals surface area (Å²) in [4.78, 5) is 17.0. The fraction of sp³-hybridized carbons (Fsp3) is 0.458. The van der Waals surface area contributed by atoms with Crippen molar-refractivity contribution in [2.24, 2.45) is 0 Å². The van der Waals surface area contributed by atoms with Crippen LogP contribution in [0.2, 0.25) is 0 Å². The second-order valence-corrected chi connectivity index (χ2v) is 7.66. The number of nitrogens with zero attached hydrogens (tertiary/aromatic N) is 2. The average molecular weight is 412 g/mol. The number of carbonyl (C=O) groups excluding carboxylic acids is 1. The molecule has 2 aromatic rings. The van der Waals surface area contributed by atoms with Crippen LogP contribution in [0.5, 0.6) is 5.75 Å². The maximum absolute atomic E-state index is 12.1. The number of aryl methyl sites for hydroxylation is 2. The van der Waals surface area contributed by atoms with Crippen LogP contribution in [0.15, 0.2) is 42.5 Å². The van der Waals surface area contributed by atoms with Gasteiger partial charge in [-0.25, -0.2) is 4.79 Å². The highest BCUT2D eigenvalue weighted by atomic mass is 16.5. The lowest BCUT2D eigenvalue weighted by Gasteiger charge is -2.37. The van der Waals surface area contributed by atoms with E-state index in [1.54, 1.807) is 0 Å². The molecule has 0 aromatic heterocycles. The van der Waals surface area contributed by atoms with E-state index in [2.05, 4.69) is 47.2 Å². The van der Waals surface area contributed by atoms with Gasteiger partial charge in [-0.1, -0.05) is 24.3 Å². The summed E-state index contributed by atoms with van der Waals surface area (Å²) in [6, 6.07) is 14.0. The molecule has 30 heavy (non-hydrogen) atoms. The zero-order valence-electron chi connectivity index (χ0n) is 18.3. The van der Waals surface area contributed by atoms with Crippen molar-refractivity contribution >= 4 is 17.5 Å². The van der Waals surface area contributed by atoms with Crippen LogP contribution in [0.3, 0.4) is 0 Å². The number of carbonyl (C=O) groups is 1. The molecule has 162 valence electrons. The lowest BCUT2D eigenvalue weighted by molar-refractivity contribution is 0.151. The monoisotopic (exact) mass is 411 g/mol. The molecule has 1 amide bonds. The van der Waals surface area contributed by atoms with Gasteiger partial charge in [-0.2, -0.15) is 0 Å². The molecule has 1 fully saturated rings. The third kappa shape index (κ3) is 6.13. The third-order valence-corrected chi connectivity index (χ3v) is 5.35. The Morgan fingerprint density at radius 2 is 1.83 bits per heavy atom. The largest absolute Gasteiger partial charge is 0.492 e. The second kappa shape index (κ2) is 10.9. The van der Waals surface area contributed by atoms with Crippen molar-refractivity contribution in [2.75, 3.05) is 56.2 Å². The van der Waals surface area contributed by atoms with Gasteiger partial charge in [0.2, 0.25) is 0 Å². The van der Waals surface area contributed by atoms with E-state index in [1.165, 1.54) is 16.8 Å². The van der Waals surface area contributed by atoms with Crippen molar-refractivity contribution in [1.82, 2.24) is 4.90 Å². The predicted octanol–water partition coefficient (Wildman–Crippen LogP) is 4.46. The van der Waals surface area contributed by atoms with E-state index in [1.807, 2.05) is 31.2 Å². The first kappa shape index (κ1) is 22.0. The van der Waals surface area contributed by atoms with Crippen LogP contribution >= 0.6 is 0 Å². The van der Waals surface area contributed by atoms with Gasteiger partial charge in [0.1, 0.15) is 5.75 Å². The van der Waals surface area contributed by atoms with E-state index in [0.717, 1.165) is 39.1 Å². The maximum Gasteiger partial charge on any atom is 0.411 e. The summed E-state index contributed by atoms with van der Waals surface area (Å²) in [5.74, 6) is 0.652. The maximum atomic E-state index is 12.1. The molecule has 0 radical (unpaired) electrons. The van der Waals surface area contributed by atoms with Crippen LogP contribution in [-0.4, -0.2) is 56.9 Å². The van der Waals surface area contributed by atoms with Gasteiger partial charge in [-0.15, -0.1) is 0 Å². The van der Waals surface area contributed by atoms with E-state index in [-0.39, 0.29) is 0 Å². The van der Waals surface area contributed by atoms with Gasteiger partial charge >= 0.3 is 6.09 Å². The lowest BCUT2D eigenvalue weighted by atomic mass is 10.1. The third-order valence-electron chi connectivity index (χ3n) is 5.35. The van der Waals surface area contributed by atoms with E-state index >= 15 is 0 Å². The summed E-state index contributed by atoms with van der Waals surface area (Å²) in [7, 11) is 0. The molecule has 1 heterocycles. The van der Waals surface area contributed by atoms with E-state index in [0.29, 0.717) is 24.7 Å². The van der Waals surface area contributed by atoms with Crippen LogP contribution < -0.4 is 15.0 Å². The molecular weight excluding hydrogens is 378 g/mol. The van der Waals surface area contributed by atoms with E-state index in [4.69, 9.17) is 9.47 Å². The molecule has 6 heteroatoms. The Kier molecular flexibility index (Phi) is 7.97. The number of benzene rings is 2. The Morgan fingerprint density at radius 1 is 1.07 bits per heavy atom. The molecule has 1 saturated heterocycles. The highest BCUT2D eigenvalue weighted by molar-refractivity contribution is 5.86. The summed E-state index contributed by atoms with van der Waals surface area (Å²) in [5, 5.41) is 2.76. The van der Waals surface area contributed by atoms with Gasteiger partial charge in [0.05, 0.1) is 18.9 Å². The summed E-state index contributed by atoms with van der Waals surface area (Å²) in [6.07, 6.45) is 0.381. The Hall–Kier alpha value is -2.73. The van der Waals surface area contributed by atoms with E-state index < -0.39 is 6.09 Å². The highest BCUT2D eigenvalue weighted by Crippen LogP contribution is 2.24. The molecule has 6 nitrogen and oxygen atoms in total. The topological polar surface area (TPSA) is 54.0 Å². The van der Waals surface area contributed by atoms with Gasteiger partial charge in [0, 0.05) is 38.4 Å². The summed E-state index contributed by atoms with van der Waals surface area (Å²) >= 11 is 0. The van der Waals surface area contributed by atoms with Crippen LogP contribution in [-0.2, 0) is 4.74 Å². The van der Waals surface area contributed by atoms with Gasteiger partial charge in [0.25, 0.3) is 0 Å².